The van der Waals surface area contributed by atoms with Crippen molar-refractivity contribution in [1.29, 1.82) is 0 Å². The van der Waals surface area contributed by atoms with Crippen LogP contribution in [0.3, 0.4) is 0 Å². The molecule has 5 heteroatoms. The monoisotopic (exact) mass is 303 g/mol. The summed E-state index contributed by atoms with van der Waals surface area (Å²) >= 11 is 12.3. The molecule has 100 valence electrons. The summed E-state index contributed by atoms with van der Waals surface area (Å²) < 4.78 is 0. The van der Waals surface area contributed by atoms with Gasteiger partial charge in [0.25, 0.3) is 0 Å². The van der Waals surface area contributed by atoms with Crippen molar-refractivity contribution in [3.63, 3.8) is 0 Å². The first-order chi connectivity index (χ1) is 9.69. The Balaban J connectivity index is 2.15. The Morgan fingerprint density at radius 2 is 1.60 bits per heavy atom. The number of para-hydroxylation sites is 1. The lowest BCUT2D eigenvalue weighted by Gasteiger charge is -2.06. The Kier molecular flexibility index (Phi) is 3.55. The Hall–Kier alpha value is -1.71. The number of nitrogens with zero attached hydrogens (tertiary/aromatic N) is 3. The van der Waals surface area contributed by atoms with Crippen LogP contribution in [0.5, 0.6) is 0 Å². The van der Waals surface area contributed by atoms with Crippen LogP contribution in [-0.2, 0) is 6.42 Å². The number of benzene rings is 1. The highest BCUT2D eigenvalue weighted by Gasteiger charge is 2.12. The van der Waals surface area contributed by atoms with Gasteiger partial charge in [0.05, 0.1) is 5.52 Å². The maximum atomic E-state index is 6.14. The van der Waals surface area contributed by atoms with Crippen LogP contribution in [-0.4, -0.2) is 15.0 Å². The van der Waals surface area contributed by atoms with E-state index >= 15 is 0 Å². The normalized spacial score (nSPS) is 10.9. The zero-order chi connectivity index (χ0) is 14.1. The number of rotatable bonds is 2. The van der Waals surface area contributed by atoms with E-state index in [2.05, 4.69) is 15.0 Å². The van der Waals surface area contributed by atoms with Crippen molar-refractivity contribution in [1.82, 2.24) is 15.0 Å². The second-order valence-electron chi connectivity index (χ2n) is 4.35. The van der Waals surface area contributed by atoms with E-state index in [1.807, 2.05) is 43.3 Å². The highest BCUT2D eigenvalue weighted by molar-refractivity contribution is 6.34. The molecule has 0 fully saturated rings. The Morgan fingerprint density at radius 1 is 0.900 bits per heavy atom. The number of halogens is 2. The SMILES string of the molecule is CCc1c(Cl)nc(-c2ccc3ccccc3n2)nc1Cl. The molecule has 2 aromatic heterocycles. The molecule has 3 aromatic rings. The summed E-state index contributed by atoms with van der Waals surface area (Å²) in [5.74, 6) is 0.447. The first kappa shape index (κ1) is 13.3. The Morgan fingerprint density at radius 3 is 2.30 bits per heavy atom. The minimum atomic E-state index is 0.387. The Bertz CT molecular complexity index is 764. The predicted octanol–water partition coefficient (Wildman–Crippen LogP) is 4.56. The molecule has 3 rings (SSSR count). The molecular formula is C15H11Cl2N3. The van der Waals surface area contributed by atoms with Crippen LogP contribution < -0.4 is 0 Å². The summed E-state index contributed by atoms with van der Waals surface area (Å²) in [6, 6.07) is 11.7. The van der Waals surface area contributed by atoms with Gasteiger partial charge in [-0.05, 0) is 18.6 Å². The van der Waals surface area contributed by atoms with E-state index in [4.69, 9.17) is 23.2 Å². The third-order valence-electron chi connectivity index (χ3n) is 3.09. The lowest BCUT2D eigenvalue weighted by Crippen LogP contribution is -1.98. The number of hydrogen-bond donors (Lipinski definition) is 0. The van der Waals surface area contributed by atoms with E-state index < -0.39 is 0 Å². The summed E-state index contributed by atoms with van der Waals surface area (Å²) in [6.45, 7) is 1.96. The van der Waals surface area contributed by atoms with Gasteiger partial charge < -0.3 is 0 Å². The van der Waals surface area contributed by atoms with Crippen LogP contribution in [0, 0.1) is 0 Å². The molecule has 0 spiro atoms. The molecule has 0 bridgehead atoms. The molecule has 0 amide bonds. The highest BCUT2D eigenvalue weighted by Crippen LogP contribution is 2.26. The van der Waals surface area contributed by atoms with Crippen LogP contribution >= 0.6 is 23.2 Å². The maximum Gasteiger partial charge on any atom is 0.181 e. The van der Waals surface area contributed by atoms with Crippen molar-refractivity contribution in [2.75, 3.05) is 0 Å². The largest absolute Gasteiger partial charge is 0.244 e. The van der Waals surface area contributed by atoms with Gasteiger partial charge in [-0.3, -0.25) is 0 Å². The van der Waals surface area contributed by atoms with Crippen molar-refractivity contribution in [3.8, 4) is 11.5 Å². The first-order valence-electron chi connectivity index (χ1n) is 6.27. The van der Waals surface area contributed by atoms with E-state index in [1.54, 1.807) is 0 Å². The summed E-state index contributed by atoms with van der Waals surface area (Å²) in [5.41, 5.74) is 2.31. The minimum Gasteiger partial charge on any atom is -0.244 e. The molecule has 0 N–H and O–H groups in total. The fourth-order valence-electron chi connectivity index (χ4n) is 2.03. The average molecular weight is 304 g/mol. The molecule has 0 atom stereocenters. The van der Waals surface area contributed by atoms with Crippen molar-refractivity contribution in [3.05, 3.63) is 52.3 Å². The van der Waals surface area contributed by atoms with E-state index in [0.29, 0.717) is 28.2 Å². The van der Waals surface area contributed by atoms with Crippen molar-refractivity contribution in [2.45, 2.75) is 13.3 Å². The molecule has 0 saturated carbocycles. The maximum absolute atomic E-state index is 6.14. The van der Waals surface area contributed by atoms with Gasteiger partial charge in [0.15, 0.2) is 5.82 Å². The second kappa shape index (κ2) is 5.35. The number of fused-ring (bicyclic) bond motifs is 1. The summed E-state index contributed by atoms with van der Waals surface area (Å²) in [7, 11) is 0. The molecule has 0 aliphatic heterocycles. The van der Waals surface area contributed by atoms with E-state index in [-0.39, 0.29) is 0 Å². The van der Waals surface area contributed by atoms with E-state index in [1.165, 1.54) is 0 Å². The Labute approximate surface area is 126 Å². The average Bonchev–Trinajstić information content (AvgIpc) is 2.46. The zero-order valence-corrected chi connectivity index (χ0v) is 12.3. The molecule has 1 aromatic carbocycles. The van der Waals surface area contributed by atoms with Crippen molar-refractivity contribution >= 4 is 34.1 Å². The highest BCUT2D eigenvalue weighted by atomic mass is 35.5. The predicted molar refractivity (Wildman–Crippen MR) is 82.2 cm³/mol. The van der Waals surface area contributed by atoms with Gasteiger partial charge in [0.2, 0.25) is 0 Å². The lowest BCUT2D eigenvalue weighted by molar-refractivity contribution is 1.04. The summed E-state index contributed by atoms with van der Waals surface area (Å²) in [5, 5.41) is 1.84. The van der Waals surface area contributed by atoms with Gasteiger partial charge in [0.1, 0.15) is 16.0 Å². The van der Waals surface area contributed by atoms with Gasteiger partial charge in [-0.15, -0.1) is 0 Å². The molecule has 2 heterocycles. The third-order valence-corrected chi connectivity index (χ3v) is 3.71. The fourth-order valence-corrected chi connectivity index (χ4v) is 2.68. The molecule has 20 heavy (non-hydrogen) atoms. The van der Waals surface area contributed by atoms with Gasteiger partial charge in [-0.1, -0.05) is 54.4 Å². The van der Waals surface area contributed by atoms with Crippen LogP contribution in [0.15, 0.2) is 36.4 Å². The molecule has 0 radical (unpaired) electrons. The molecule has 0 unspecified atom stereocenters. The summed E-state index contributed by atoms with van der Waals surface area (Å²) in [4.78, 5) is 13.1. The second-order valence-corrected chi connectivity index (χ2v) is 5.07. The van der Waals surface area contributed by atoms with Crippen LogP contribution in [0.1, 0.15) is 12.5 Å². The zero-order valence-electron chi connectivity index (χ0n) is 10.8. The lowest BCUT2D eigenvalue weighted by atomic mass is 10.2. The van der Waals surface area contributed by atoms with Crippen molar-refractivity contribution < 1.29 is 0 Å². The molecule has 0 saturated heterocycles. The topological polar surface area (TPSA) is 38.7 Å². The van der Waals surface area contributed by atoms with Crippen molar-refractivity contribution in [2.24, 2.45) is 0 Å². The number of aromatic nitrogens is 3. The standard InChI is InChI=1S/C15H11Cl2N3/c1-2-10-13(16)19-15(20-14(10)17)12-8-7-9-5-3-4-6-11(9)18-12/h3-8H,2H2,1H3. The molecular weight excluding hydrogens is 293 g/mol. The quantitative estimate of drug-likeness (QED) is 0.651. The number of hydrogen-bond acceptors (Lipinski definition) is 3. The summed E-state index contributed by atoms with van der Waals surface area (Å²) in [6.07, 6.45) is 0.698. The molecule has 0 aliphatic carbocycles. The smallest absolute Gasteiger partial charge is 0.181 e. The third kappa shape index (κ3) is 2.35. The number of pyridine rings is 1. The van der Waals surface area contributed by atoms with E-state index in [0.717, 1.165) is 16.5 Å². The van der Waals surface area contributed by atoms with Gasteiger partial charge >= 0.3 is 0 Å². The van der Waals surface area contributed by atoms with E-state index in [9.17, 15) is 0 Å². The molecule has 0 aliphatic rings. The van der Waals surface area contributed by atoms with Crippen LogP contribution in [0.25, 0.3) is 22.4 Å². The van der Waals surface area contributed by atoms with Gasteiger partial charge in [-0.2, -0.15) is 0 Å². The fraction of sp³-hybridized carbons (Fsp3) is 0.133. The van der Waals surface area contributed by atoms with Crippen LogP contribution in [0.2, 0.25) is 10.3 Å². The molecule has 3 nitrogen and oxygen atoms in total. The minimum absolute atomic E-state index is 0.387. The van der Waals surface area contributed by atoms with Crippen LogP contribution in [0.4, 0.5) is 0 Å². The van der Waals surface area contributed by atoms with Gasteiger partial charge in [0, 0.05) is 10.9 Å². The van der Waals surface area contributed by atoms with Gasteiger partial charge in [-0.25, -0.2) is 15.0 Å². The first-order valence-corrected chi connectivity index (χ1v) is 7.02.